The number of carbonyl (C=O) groups is 2. The van der Waals surface area contributed by atoms with E-state index in [0.29, 0.717) is 11.4 Å². The Hall–Kier alpha value is -1.31. The third-order valence-corrected chi connectivity index (χ3v) is 6.28. The number of thioether (sulfide) groups is 1. The van der Waals surface area contributed by atoms with E-state index in [9.17, 15) is 9.59 Å². The molecule has 1 fully saturated rings. The van der Waals surface area contributed by atoms with Crippen molar-refractivity contribution in [1.29, 1.82) is 0 Å². The van der Waals surface area contributed by atoms with Crippen LogP contribution in [0.3, 0.4) is 0 Å². The maximum absolute atomic E-state index is 12.6. The molecule has 4 nitrogen and oxygen atoms in total. The first-order valence-electron chi connectivity index (χ1n) is 6.99. The lowest BCUT2D eigenvalue weighted by Gasteiger charge is -2.35. The topological polar surface area (TPSA) is 49.4 Å². The number of thiophene rings is 2. The van der Waals surface area contributed by atoms with E-state index >= 15 is 0 Å². The van der Waals surface area contributed by atoms with Crippen LogP contribution in [-0.4, -0.2) is 47.4 Å². The Balaban J connectivity index is 1.63. The fourth-order valence-corrected chi connectivity index (χ4v) is 4.72. The Morgan fingerprint density at radius 3 is 2.59 bits per heavy atom. The van der Waals surface area contributed by atoms with Gasteiger partial charge in [0.1, 0.15) is 0 Å². The van der Waals surface area contributed by atoms with Crippen molar-refractivity contribution in [1.82, 2.24) is 10.2 Å². The van der Waals surface area contributed by atoms with Crippen LogP contribution < -0.4 is 5.32 Å². The van der Waals surface area contributed by atoms with Crippen LogP contribution in [0.2, 0.25) is 0 Å². The molecule has 2 amide bonds. The summed E-state index contributed by atoms with van der Waals surface area (Å²) in [5, 5.41) is 6.76. The SMILES string of the molecule is O=C(NCC1CSCCN1C(=O)c1cccs1)c1cccs1. The van der Waals surface area contributed by atoms with Crippen LogP contribution in [0.4, 0.5) is 0 Å². The Bertz CT molecular complexity index is 625. The van der Waals surface area contributed by atoms with Crippen molar-refractivity contribution in [2.24, 2.45) is 0 Å². The first-order chi connectivity index (χ1) is 10.8. The second kappa shape index (κ2) is 7.30. The highest BCUT2D eigenvalue weighted by Gasteiger charge is 2.28. The average molecular weight is 353 g/mol. The van der Waals surface area contributed by atoms with Gasteiger partial charge in [0.2, 0.25) is 0 Å². The monoisotopic (exact) mass is 352 g/mol. The molecule has 1 aliphatic heterocycles. The lowest BCUT2D eigenvalue weighted by molar-refractivity contribution is 0.0696. The molecular weight excluding hydrogens is 336 g/mol. The number of hydrogen-bond acceptors (Lipinski definition) is 5. The van der Waals surface area contributed by atoms with Gasteiger partial charge in [-0.2, -0.15) is 11.8 Å². The normalized spacial score (nSPS) is 18.2. The third kappa shape index (κ3) is 3.53. The van der Waals surface area contributed by atoms with Crippen molar-refractivity contribution in [2.45, 2.75) is 6.04 Å². The maximum atomic E-state index is 12.6. The Morgan fingerprint density at radius 2 is 1.91 bits per heavy atom. The highest BCUT2D eigenvalue weighted by Crippen LogP contribution is 2.21. The number of nitrogens with zero attached hydrogens (tertiary/aromatic N) is 1. The molecule has 1 aliphatic rings. The highest BCUT2D eigenvalue weighted by atomic mass is 32.2. The molecule has 1 saturated heterocycles. The second-order valence-corrected chi connectivity index (χ2v) is 7.94. The van der Waals surface area contributed by atoms with Crippen LogP contribution in [0.15, 0.2) is 35.0 Å². The third-order valence-electron chi connectivity index (χ3n) is 3.46. The number of amides is 2. The minimum atomic E-state index is -0.0610. The lowest BCUT2D eigenvalue weighted by atomic mass is 10.2. The summed E-state index contributed by atoms with van der Waals surface area (Å²) in [6.45, 7) is 1.24. The number of nitrogens with one attached hydrogen (secondary N) is 1. The standard InChI is InChI=1S/C15H16N2O2S3/c18-14(12-3-1-6-21-12)16-9-11-10-20-8-5-17(11)15(19)13-4-2-7-22-13/h1-4,6-7,11H,5,8-10H2,(H,16,18). The summed E-state index contributed by atoms with van der Waals surface area (Å²) < 4.78 is 0. The fraction of sp³-hybridized carbons (Fsp3) is 0.333. The van der Waals surface area contributed by atoms with Gasteiger partial charge in [-0.3, -0.25) is 9.59 Å². The quantitative estimate of drug-likeness (QED) is 0.920. The summed E-state index contributed by atoms with van der Waals surface area (Å²) in [5.41, 5.74) is 0. The lowest BCUT2D eigenvalue weighted by Crippen LogP contribution is -2.51. The van der Waals surface area contributed by atoms with E-state index in [4.69, 9.17) is 0 Å². The van der Waals surface area contributed by atoms with Gasteiger partial charge >= 0.3 is 0 Å². The van der Waals surface area contributed by atoms with E-state index in [1.54, 1.807) is 0 Å². The molecule has 2 aromatic rings. The van der Waals surface area contributed by atoms with E-state index < -0.39 is 0 Å². The van der Waals surface area contributed by atoms with Crippen LogP contribution in [0.25, 0.3) is 0 Å². The van der Waals surface area contributed by atoms with Crippen molar-refractivity contribution < 1.29 is 9.59 Å². The summed E-state index contributed by atoms with van der Waals surface area (Å²) in [6, 6.07) is 7.48. The molecule has 2 aromatic heterocycles. The molecule has 7 heteroatoms. The van der Waals surface area contributed by atoms with E-state index in [2.05, 4.69) is 5.32 Å². The van der Waals surface area contributed by atoms with Crippen molar-refractivity contribution in [3.05, 3.63) is 44.8 Å². The molecule has 1 unspecified atom stereocenters. The minimum Gasteiger partial charge on any atom is -0.349 e. The molecule has 0 aliphatic carbocycles. The molecule has 0 saturated carbocycles. The van der Waals surface area contributed by atoms with Crippen molar-refractivity contribution in [3.8, 4) is 0 Å². The van der Waals surface area contributed by atoms with Crippen LogP contribution in [-0.2, 0) is 0 Å². The zero-order valence-electron chi connectivity index (χ0n) is 11.9. The summed E-state index contributed by atoms with van der Waals surface area (Å²) >= 11 is 4.72. The largest absolute Gasteiger partial charge is 0.349 e. The van der Waals surface area contributed by atoms with Crippen LogP contribution in [0, 0.1) is 0 Å². The number of hydrogen-bond donors (Lipinski definition) is 1. The molecule has 0 aromatic carbocycles. The van der Waals surface area contributed by atoms with Gasteiger partial charge in [-0.1, -0.05) is 12.1 Å². The van der Waals surface area contributed by atoms with Gasteiger partial charge in [-0.05, 0) is 22.9 Å². The zero-order valence-corrected chi connectivity index (χ0v) is 14.3. The first kappa shape index (κ1) is 15.6. The molecule has 0 spiro atoms. The molecule has 1 N–H and O–H groups in total. The van der Waals surface area contributed by atoms with Gasteiger partial charge in [0.15, 0.2) is 0 Å². The van der Waals surface area contributed by atoms with E-state index in [1.807, 2.05) is 51.7 Å². The van der Waals surface area contributed by atoms with Crippen molar-refractivity contribution >= 4 is 46.2 Å². The molecule has 3 heterocycles. The molecule has 0 radical (unpaired) electrons. The van der Waals surface area contributed by atoms with Gasteiger partial charge in [-0.15, -0.1) is 22.7 Å². The Morgan fingerprint density at radius 1 is 1.18 bits per heavy atom. The number of rotatable bonds is 4. The zero-order chi connectivity index (χ0) is 15.4. The minimum absolute atomic E-state index is 0.0530. The van der Waals surface area contributed by atoms with E-state index in [0.717, 1.165) is 22.9 Å². The summed E-state index contributed by atoms with van der Waals surface area (Å²) in [7, 11) is 0. The Labute approximate surface area is 141 Å². The molecule has 3 rings (SSSR count). The second-order valence-electron chi connectivity index (χ2n) is 4.89. The van der Waals surface area contributed by atoms with E-state index in [-0.39, 0.29) is 17.9 Å². The van der Waals surface area contributed by atoms with Crippen LogP contribution in [0.1, 0.15) is 19.3 Å². The van der Waals surface area contributed by atoms with Gasteiger partial charge < -0.3 is 10.2 Å². The van der Waals surface area contributed by atoms with Gasteiger partial charge in [0, 0.05) is 24.6 Å². The van der Waals surface area contributed by atoms with Gasteiger partial charge in [-0.25, -0.2) is 0 Å². The molecular formula is C15H16N2O2S3. The first-order valence-corrected chi connectivity index (χ1v) is 9.91. The van der Waals surface area contributed by atoms with E-state index in [1.165, 1.54) is 22.7 Å². The smallest absolute Gasteiger partial charge is 0.264 e. The summed E-state index contributed by atoms with van der Waals surface area (Å²) in [4.78, 5) is 28.0. The molecule has 116 valence electrons. The summed E-state index contributed by atoms with van der Waals surface area (Å²) in [6.07, 6.45) is 0. The van der Waals surface area contributed by atoms with Gasteiger partial charge in [0.05, 0.1) is 15.8 Å². The predicted octanol–water partition coefficient (Wildman–Crippen LogP) is 2.80. The van der Waals surface area contributed by atoms with Crippen molar-refractivity contribution in [3.63, 3.8) is 0 Å². The maximum Gasteiger partial charge on any atom is 0.264 e. The Kier molecular flexibility index (Phi) is 5.17. The molecule has 0 bridgehead atoms. The van der Waals surface area contributed by atoms with Crippen molar-refractivity contribution in [2.75, 3.05) is 24.6 Å². The number of carbonyl (C=O) groups excluding carboxylic acids is 2. The fourth-order valence-electron chi connectivity index (χ4n) is 2.34. The predicted molar refractivity (Wildman–Crippen MR) is 93.1 cm³/mol. The van der Waals surface area contributed by atoms with Crippen LogP contribution >= 0.6 is 34.4 Å². The highest BCUT2D eigenvalue weighted by molar-refractivity contribution is 7.99. The average Bonchev–Trinajstić information content (AvgIpc) is 3.24. The van der Waals surface area contributed by atoms with Gasteiger partial charge in [0.25, 0.3) is 11.8 Å². The molecule has 1 atom stereocenters. The van der Waals surface area contributed by atoms with Crippen LogP contribution in [0.5, 0.6) is 0 Å². The molecule has 22 heavy (non-hydrogen) atoms. The summed E-state index contributed by atoms with van der Waals surface area (Å²) in [5.74, 6) is 1.83.